The number of hydrogen-bond donors (Lipinski definition) is 2. The third-order valence-electron chi connectivity index (χ3n) is 3.02. The average molecular weight is 315 g/mol. The van der Waals surface area contributed by atoms with Gasteiger partial charge in [0.05, 0.1) is 10.9 Å². The number of sulfone groups is 1. The van der Waals surface area contributed by atoms with Gasteiger partial charge in [-0.15, -0.1) is 0 Å². The van der Waals surface area contributed by atoms with Gasteiger partial charge in [0.1, 0.15) is 5.82 Å². The Morgan fingerprint density at radius 3 is 2.43 bits per heavy atom. The van der Waals surface area contributed by atoms with E-state index in [1.54, 1.807) is 12.4 Å². The number of H-pyrrole nitrogens is 1. The lowest BCUT2D eigenvalue weighted by Crippen LogP contribution is -2.13. The first-order valence-corrected chi connectivity index (χ1v) is 7.87. The summed E-state index contributed by atoms with van der Waals surface area (Å²) in [7, 11) is -4.55. The summed E-state index contributed by atoms with van der Waals surface area (Å²) in [5, 5.41) is 3.16. The van der Waals surface area contributed by atoms with Crippen LogP contribution in [0.4, 0.5) is 14.5 Å². The molecule has 0 bridgehead atoms. The van der Waals surface area contributed by atoms with Crippen LogP contribution in [0.1, 0.15) is 25.2 Å². The summed E-state index contributed by atoms with van der Waals surface area (Å²) in [6, 6.07) is 5.18. The van der Waals surface area contributed by atoms with Gasteiger partial charge in [-0.1, -0.05) is 6.92 Å². The molecule has 0 radical (unpaired) electrons. The second-order valence-corrected chi connectivity index (χ2v) is 6.33. The number of aromatic nitrogens is 2. The van der Waals surface area contributed by atoms with Crippen molar-refractivity contribution in [3.8, 4) is 0 Å². The minimum absolute atomic E-state index is 0.0717. The van der Waals surface area contributed by atoms with Crippen molar-refractivity contribution in [2.75, 3.05) is 5.32 Å². The highest BCUT2D eigenvalue weighted by molar-refractivity contribution is 7.91. The van der Waals surface area contributed by atoms with Gasteiger partial charge in [-0.25, -0.2) is 13.4 Å². The van der Waals surface area contributed by atoms with E-state index < -0.39 is 20.5 Å². The number of aromatic amines is 1. The van der Waals surface area contributed by atoms with Gasteiger partial charge in [-0.05, 0) is 30.7 Å². The van der Waals surface area contributed by atoms with Crippen LogP contribution in [0.3, 0.4) is 0 Å². The van der Waals surface area contributed by atoms with Crippen LogP contribution in [0.25, 0.3) is 0 Å². The number of halogens is 2. The minimum atomic E-state index is -4.55. The topological polar surface area (TPSA) is 74.8 Å². The molecule has 0 amide bonds. The summed E-state index contributed by atoms with van der Waals surface area (Å²) in [4.78, 5) is 6.75. The molecule has 0 aliphatic carbocycles. The second kappa shape index (κ2) is 6.21. The van der Waals surface area contributed by atoms with Gasteiger partial charge in [0, 0.05) is 18.1 Å². The van der Waals surface area contributed by atoms with Crippen molar-refractivity contribution in [1.29, 1.82) is 0 Å². The number of anilines is 1. The molecule has 0 saturated carbocycles. The molecule has 1 heterocycles. The summed E-state index contributed by atoms with van der Waals surface area (Å²) >= 11 is 0. The van der Waals surface area contributed by atoms with E-state index in [9.17, 15) is 17.2 Å². The molecular weight excluding hydrogens is 300 g/mol. The maximum Gasteiger partial charge on any atom is 0.341 e. The Morgan fingerprint density at radius 2 is 1.95 bits per heavy atom. The molecular formula is C13H15F2N3O2S. The van der Waals surface area contributed by atoms with Crippen LogP contribution >= 0.6 is 0 Å². The molecule has 114 valence electrons. The van der Waals surface area contributed by atoms with Crippen LogP contribution in [0.5, 0.6) is 0 Å². The zero-order valence-electron chi connectivity index (χ0n) is 11.3. The number of imidazole rings is 1. The van der Waals surface area contributed by atoms with E-state index in [0.717, 1.165) is 12.2 Å². The summed E-state index contributed by atoms with van der Waals surface area (Å²) in [5.41, 5.74) is 0.631. The predicted molar refractivity (Wildman–Crippen MR) is 74.9 cm³/mol. The van der Waals surface area contributed by atoms with Gasteiger partial charge in [-0.3, -0.25) is 0 Å². The Bertz CT molecular complexity index is 670. The summed E-state index contributed by atoms with van der Waals surface area (Å²) < 4.78 is 47.5. The van der Waals surface area contributed by atoms with Crippen LogP contribution in [0, 0.1) is 0 Å². The fraction of sp³-hybridized carbons (Fsp3) is 0.308. The lowest BCUT2D eigenvalue weighted by atomic mass is 10.2. The van der Waals surface area contributed by atoms with Crippen LogP contribution in [-0.4, -0.2) is 24.1 Å². The largest absolute Gasteiger partial charge is 0.375 e. The van der Waals surface area contributed by atoms with E-state index in [2.05, 4.69) is 15.3 Å². The molecule has 8 heteroatoms. The smallest absolute Gasteiger partial charge is 0.341 e. The molecule has 2 N–H and O–H groups in total. The molecule has 1 aromatic carbocycles. The van der Waals surface area contributed by atoms with Gasteiger partial charge in [0.25, 0.3) is 0 Å². The third kappa shape index (κ3) is 3.38. The number of alkyl halides is 2. The quantitative estimate of drug-likeness (QED) is 0.859. The standard InChI is InChI=1S/C13H15F2N3O2S/c1-2-11(12-16-7-8-17-12)18-9-3-5-10(6-4-9)21(19,20)13(14)15/h3-8,11,13,18H,2H2,1H3,(H,16,17). The number of nitrogens with one attached hydrogen (secondary N) is 2. The Hall–Kier alpha value is -1.96. The molecule has 1 unspecified atom stereocenters. The van der Waals surface area contributed by atoms with Gasteiger partial charge in [0.15, 0.2) is 0 Å². The number of benzene rings is 1. The van der Waals surface area contributed by atoms with Gasteiger partial charge in [-0.2, -0.15) is 8.78 Å². The highest BCUT2D eigenvalue weighted by Gasteiger charge is 2.26. The molecule has 0 aliphatic heterocycles. The van der Waals surface area contributed by atoms with Crippen molar-refractivity contribution in [3.63, 3.8) is 0 Å². The maximum atomic E-state index is 12.4. The molecule has 2 aromatic rings. The molecule has 0 aliphatic rings. The predicted octanol–water partition coefficient (Wildman–Crippen LogP) is 2.97. The Morgan fingerprint density at radius 1 is 1.29 bits per heavy atom. The first-order valence-electron chi connectivity index (χ1n) is 6.33. The van der Waals surface area contributed by atoms with Crippen molar-refractivity contribution in [2.45, 2.75) is 30.0 Å². The molecule has 0 spiro atoms. The molecule has 2 rings (SSSR count). The molecule has 0 saturated heterocycles. The Balaban J connectivity index is 2.16. The van der Waals surface area contributed by atoms with Crippen LogP contribution in [0.2, 0.25) is 0 Å². The SMILES string of the molecule is CCC(Nc1ccc(S(=O)(=O)C(F)F)cc1)c1ncc[nH]1. The van der Waals surface area contributed by atoms with Crippen molar-refractivity contribution < 1.29 is 17.2 Å². The third-order valence-corrected chi connectivity index (χ3v) is 4.41. The number of rotatable bonds is 6. The molecule has 1 aromatic heterocycles. The summed E-state index contributed by atoms with van der Waals surface area (Å²) in [6.07, 6.45) is 4.10. The van der Waals surface area contributed by atoms with Crippen molar-refractivity contribution in [2.24, 2.45) is 0 Å². The first-order chi connectivity index (χ1) is 9.95. The van der Waals surface area contributed by atoms with Gasteiger partial charge < -0.3 is 10.3 Å². The fourth-order valence-corrected chi connectivity index (χ4v) is 2.60. The zero-order valence-corrected chi connectivity index (χ0v) is 12.1. The summed E-state index contributed by atoms with van der Waals surface area (Å²) in [5.74, 6) is -2.66. The van der Waals surface area contributed by atoms with Gasteiger partial charge in [0.2, 0.25) is 9.84 Å². The Kier molecular flexibility index (Phi) is 4.56. The highest BCUT2D eigenvalue weighted by atomic mass is 32.2. The van der Waals surface area contributed by atoms with E-state index in [0.29, 0.717) is 5.69 Å². The maximum absolute atomic E-state index is 12.4. The molecule has 5 nitrogen and oxygen atoms in total. The summed E-state index contributed by atoms with van der Waals surface area (Å²) in [6.45, 7) is 1.97. The number of nitrogens with zero attached hydrogens (tertiary/aromatic N) is 1. The minimum Gasteiger partial charge on any atom is -0.375 e. The van der Waals surface area contributed by atoms with Crippen molar-refractivity contribution in [3.05, 3.63) is 42.5 Å². The van der Waals surface area contributed by atoms with Crippen LogP contribution in [-0.2, 0) is 9.84 Å². The zero-order chi connectivity index (χ0) is 15.5. The molecule has 0 fully saturated rings. The van der Waals surface area contributed by atoms with Gasteiger partial charge >= 0.3 is 5.76 Å². The first kappa shape index (κ1) is 15.4. The van der Waals surface area contributed by atoms with Crippen LogP contribution in [0.15, 0.2) is 41.6 Å². The van der Waals surface area contributed by atoms with E-state index in [1.165, 1.54) is 24.3 Å². The monoisotopic (exact) mass is 315 g/mol. The lowest BCUT2D eigenvalue weighted by Gasteiger charge is -2.16. The van der Waals surface area contributed by atoms with E-state index >= 15 is 0 Å². The van der Waals surface area contributed by atoms with E-state index in [1.807, 2.05) is 6.92 Å². The van der Waals surface area contributed by atoms with Crippen LogP contribution < -0.4 is 5.32 Å². The Labute approximate surface area is 121 Å². The van der Waals surface area contributed by atoms with E-state index in [-0.39, 0.29) is 6.04 Å². The highest BCUT2D eigenvalue weighted by Crippen LogP contribution is 2.23. The fourth-order valence-electron chi connectivity index (χ4n) is 1.88. The van der Waals surface area contributed by atoms with Crippen molar-refractivity contribution >= 4 is 15.5 Å². The lowest BCUT2D eigenvalue weighted by molar-refractivity contribution is 0.234. The second-order valence-electron chi connectivity index (χ2n) is 4.41. The van der Waals surface area contributed by atoms with E-state index in [4.69, 9.17) is 0 Å². The average Bonchev–Trinajstić information content (AvgIpc) is 2.99. The van der Waals surface area contributed by atoms with Crippen molar-refractivity contribution in [1.82, 2.24) is 9.97 Å². The molecule has 1 atom stereocenters. The normalized spacial score (nSPS) is 13.3. The molecule has 21 heavy (non-hydrogen) atoms. The number of hydrogen-bond acceptors (Lipinski definition) is 4.